The summed E-state index contributed by atoms with van der Waals surface area (Å²) in [5, 5.41) is 26.9. The number of alkyl halides is 1. The number of aliphatic hydroxyl groups is 2. The van der Waals surface area contributed by atoms with Crippen LogP contribution in [0, 0.1) is 5.92 Å². The fourth-order valence-electron chi connectivity index (χ4n) is 3.35. The van der Waals surface area contributed by atoms with Gasteiger partial charge in [0.25, 0.3) is 0 Å². The van der Waals surface area contributed by atoms with Gasteiger partial charge in [-0.2, -0.15) is 0 Å². The molecular formula is C25H32ClN3O4. The monoisotopic (exact) mass is 473 g/mol. The number of hydrogen-bond acceptors (Lipinski definition) is 6. The van der Waals surface area contributed by atoms with Crippen LogP contribution >= 0.6 is 11.6 Å². The first-order valence-corrected chi connectivity index (χ1v) is 11.6. The van der Waals surface area contributed by atoms with Crippen LogP contribution in [0.15, 0.2) is 54.7 Å². The lowest BCUT2D eigenvalue weighted by Crippen LogP contribution is -2.24. The van der Waals surface area contributed by atoms with Gasteiger partial charge in [0.2, 0.25) is 0 Å². The molecule has 0 aliphatic rings. The molecule has 0 unspecified atom stereocenters. The zero-order valence-electron chi connectivity index (χ0n) is 19.3. The van der Waals surface area contributed by atoms with E-state index < -0.39 is 6.10 Å². The highest BCUT2D eigenvalue weighted by Gasteiger charge is 2.23. The maximum atomic E-state index is 10.2. The number of aromatic nitrogens is 3. The van der Waals surface area contributed by atoms with Gasteiger partial charge in [0.05, 0.1) is 26.0 Å². The number of halogens is 1. The van der Waals surface area contributed by atoms with Gasteiger partial charge in [0, 0.05) is 17.2 Å². The minimum Gasteiger partial charge on any atom is -0.493 e. The zero-order valence-corrected chi connectivity index (χ0v) is 20.1. The molecule has 0 spiro atoms. The van der Waals surface area contributed by atoms with Crippen LogP contribution in [-0.2, 0) is 18.6 Å². The summed E-state index contributed by atoms with van der Waals surface area (Å²) in [7, 11) is 0. The number of benzene rings is 2. The van der Waals surface area contributed by atoms with Crippen LogP contribution < -0.4 is 9.47 Å². The topological polar surface area (TPSA) is 89.6 Å². The van der Waals surface area contributed by atoms with E-state index in [4.69, 9.17) is 26.2 Å². The molecule has 2 aromatic carbocycles. The molecule has 0 saturated heterocycles. The maximum absolute atomic E-state index is 10.2. The van der Waals surface area contributed by atoms with Gasteiger partial charge in [-0.05, 0) is 35.4 Å². The predicted octanol–water partition coefficient (Wildman–Crippen LogP) is 3.79. The second-order valence-electron chi connectivity index (χ2n) is 8.80. The Kier molecular flexibility index (Phi) is 8.72. The smallest absolute Gasteiger partial charge is 0.119 e. The molecule has 2 N–H and O–H groups in total. The summed E-state index contributed by atoms with van der Waals surface area (Å²) in [6.07, 6.45) is 0.849. The Balaban J connectivity index is 1.55. The van der Waals surface area contributed by atoms with Crippen molar-refractivity contribution in [1.29, 1.82) is 0 Å². The van der Waals surface area contributed by atoms with Gasteiger partial charge < -0.3 is 19.7 Å². The van der Waals surface area contributed by atoms with Gasteiger partial charge in [-0.1, -0.05) is 50.3 Å². The van der Waals surface area contributed by atoms with Crippen LogP contribution in [-0.4, -0.2) is 50.4 Å². The molecule has 2 atom stereocenters. The average molecular weight is 474 g/mol. The molecule has 7 nitrogen and oxygen atoms in total. The van der Waals surface area contributed by atoms with Gasteiger partial charge in [0.15, 0.2) is 0 Å². The number of rotatable bonds is 12. The minimum absolute atomic E-state index is 0.126. The van der Waals surface area contributed by atoms with E-state index >= 15 is 0 Å². The molecule has 1 heterocycles. The summed E-state index contributed by atoms with van der Waals surface area (Å²) in [4.78, 5) is 0. The number of ether oxygens (including phenoxy) is 2. The largest absolute Gasteiger partial charge is 0.493 e. The Morgan fingerprint density at radius 1 is 0.970 bits per heavy atom. The first-order chi connectivity index (χ1) is 15.8. The van der Waals surface area contributed by atoms with Crippen molar-refractivity contribution in [1.82, 2.24) is 15.0 Å². The van der Waals surface area contributed by atoms with Crippen molar-refractivity contribution in [3.05, 3.63) is 71.5 Å². The summed E-state index contributed by atoms with van der Waals surface area (Å²) in [5.74, 6) is 2.41. The van der Waals surface area contributed by atoms with Crippen LogP contribution in [0.1, 0.15) is 37.6 Å². The molecular weight excluding hydrogens is 442 g/mol. The molecule has 0 saturated carbocycles. The highest BCUT2D eigenvalue weighted by atomic mass is 35.5. The Hall–Kier alpha value is -2.61. The van der Waals surface area contributed by atoms with Crippen LogP contribution in [0.25, 0.3) is 0 Å². The molecule has 178 valence electrons. The van der Waals surface area contributed by atoms with Crippen molar-refractivity contribution < 1.29 is 19.7 Å². The van der Waals surface area contributed by atoms with Crippen molar-refractivity contribution >= 4 is 11.6 Å². The van der Waals surface area contributed by atoms with E-state index in [-0.39, 0.29) is 25.2 Å². The van der Waals surface area contributed by atoms with Gasteiger partial charge in [-0.15, -0.1) is 16.7 Å². The summed E-state index contributed by atoms with van der Waals surface area (Å²) in [6.45, 7) is 7.20. The van der Waals surface area contributed by atoms with Gasteiger partial charge >= 0.3 is 0 Å². The lowest BCUT2D eigenvalue weighted by Gasteiger charge is -2.26. The van der Waals surface area contributed by atoms with E-state index in [2.05, 4.69) is 43.2 Å². The lowest BCUT2D eigenvalue weighted by atomic mass is 9.78. The fraction of sp³-hybridized carbons (Fsp3) is 0.440. The maximum Gasteiger partial charge on any atom is 0.119 e. The average Bonchev–Trinajstić information content (AvgIpc) is 3.29. The second-order valence-corrected chi connectivity index (χ2v) is 9.11. The van der Waals surface area contributed by atoms with E-state index in [1.165, 1.54) is 10.2 Å². The zero-order chi connectivity index (χ0) is 23.8. The third-order valence-corrected chi connectivity index (χ3v) is 6.07. The first-order valence-electron chi connectivity index (χ1n) is 11.0. The first kappa shape index (κ1) is 25.0. The Labute approximate surface area is 199 Å². The van der Waals surface area contributed by atoms with E-state index in [1.54, 1.807) is 6.20 Å². The summed E-state index contributed by atoms with van der Waals surface area (Å²) < 4.78 is 13.0. The van der Waals surface area contributed by atoms with E-state index in [0.717, 1.165) is 11.3 Å². The standard InChI is InChI=1S/C25H32ClN3O4/c1-18(12-26)16-32-23-8-4-19(5-9-23)25(2,3)20-6-10-24(11-7-20)33-17-22(31)14-29-13-21(15-30)27-28-29/h4-11,13,18,22,30-31H,12,14-17H2,1-3H3/t18-,22-/m1/s1. The molecule has 0 aliphatic carbocycles. The molecule has 0 aliphatic heterocycles. The van der Waals surface area contributed by atoms with Crippen LogP contribution in [0.5, 0.6) is 11.5 Å². The fourth-order valence-corrected chi connectivity index (χ4v) is 3.44. The van der Waals surface area contributed by atoms with E-state index in [0.29, 0.717) is 29.8 Å². The summed E-state index contributed by atoms with van der Waals surface area (Å²) >= 11 is 5.84. The van der Waals surface area contributed by atoms with Crippen LogP contribution in [0.4, 0.5) is 0 Å². The number of hydrogen-bond donors (Lipinski definition) is 2. The molecule has 0 radical (unpaired) electrons. The van der Waals surface area contributed by atoms with E-state index in [9.17, 15) is 5.11 Å². The third kappa shape index (κ3) is 6.93. The Bertz CT molecular complexity index is 990. The van der Waals surface area contributed by atoms with Gasteiger partial charge in [0.1, 0.15) is 29.9 Å². The number of aliphatic hydroxyl groups excluding tert-OH is 2. The SMILES string of the molecule is C[C@H](CCl)COc1ccc(C(C)(C)c2ccc(OC[C@H](O)Cn3cc(CO)nn3)cc2)cc1. The minimum atomic E-state index is -0.748. The van der Waals surface area contributed by atoms with Crippen molar-refractivity contribution in [2.24, 2.45) is 5.92 Å². The highest BCUT2D eigenvalue weighted by molar-refractivity contribution is 6.18. The third-order valence-electron chi connectivity index (χ3n) is 5.54. The van der Waals surface area contributed by atoms with Crippen molar-refractivity contribution in [3.8, 4) is 11.5 Å². The molecule has 3 rings (SSSR count). The van der Waals surface area contributed by atoms with E-state index in [1.807, 2.05) is 36.4 Å². The quantitative estimate of drug-likeness (QED) is 0.389. The molecule has 0 fully saturated rings. The molecule has 1 aromatic heterocycles. The molecule has 8 heteroatoms. The van der Waals surface area contributed by atoms with Crippen molar-refractivity contribution in [2.45, 2.75) is 45.4 Å². The van der Waals surface area contributed by atoms with Crippen LogP contribution in [0.2, 0.25) is 0 Å². The predicted molar refractivity (Wildman–Crippen MR) is 128 cm³/mol. The van der Waals surface area contributed by atoms with Gasteiger partial charge in [-0.25, -0.2) is 4.68 Å². The molecule has 0 bridgehead atoms. The van der Waals surface area contributed by atoms with Gasteiger partial charge in [-0.3, -0.25) is 0 Å². The molecule has 3 aromatic rings. The van der Waals surface area contributed by atoms with Crippen molar-refractivity contribution in [2.75, 3.05) is 19.1 Å². The lowest BCUT2D eigenvalue weighted by molar-refractivity contribution is 0.0888. The normalized spacial score (nSPS) is 13.5. The highest BCUT2D eigenvalue weighted by Crippen LogP contribution is 2.33. The molecule has 33 heavy (non-hydrogen) atoms. The summed E-state index contributed by atoms with van der Waals surface area (Å²) in [6, 6.07) is 16.1. The Morgan fingerprint density at radius 3 is 2.00 bits per heavy atom. The molecule has 0 amide bonds. The van der Waals surface area contributed by atoms with Crippen molar-refractivity contribution in [3.63, 3.8) is 0 Å². The van der Waals surface area contributed by atoms with Crippen LogP contribution in [0.3, 0.4) is 0 Å². The Morgan fingerprint density at radius 2 is 1.52 bits per heavy atom. The number of nitrogens with zero attached hydrogens (tertiary/aromatic N) is 3. The second kappa shape index (κ2) is 11.5. The summed E-state index contributed by atoms with van der Waals surface area (Å²) in [5.41, 5.74) is 2.60.